The number of β-amino-alcohol motifs (C(OH)–C–C–N with tert-alkyl or cyclic N) is 1. The van der Waals surface area contributed by atoms with Crippen LogP contribution >= 0.6 is 0 Å². The number of rotatable bonds is 5. The third kappa shape index (κ3) is 5.18. The third-order valence-electron chi connectivity index (χ3n) is 4.13. The van der Waals surface area contributed by atoms with E-state index in [0.29, 0.717) is 19.4 Å². The summed E-state index contributed by atoms with van der Waals surface area (Å²) in [6.45, 7) is 8.59. The Morgan fingerprint density at radius 1 is 1.26 bits per heavy atom. The molecule has 0 aliphatic heterocycles. The van der Waals surface area contributed by atoms with Gasteiger partial charge in [-0.15, -0.1) is 0 Å². The smallest absolute Gasteiger partial charge is 0.122 e. The zero-order chi connectivity index (χ0) is 17.3. The molecule has 1 aromatic carbocycles. The molecular formula is C18H30N2O3. The predicted molar refractivity (Wildman–Crippen MR) is 91.7 cm³/mol. The Bertz CT molecular complexity index is 538. The molecule has 2 rings (SSSR count). The fourth-order valence-corrected chi connectivity index (χ4v) is 2.66. The fraction of sp³-hybridized carbons (Fsp3) is 0.667. The molecule has 3 atom stereocenters. The van der Waals surface area contributed by atoms with Crippen molar-refractivity contribution in [1.29, 1.82) is 0 Å². The van der Waals surface area contributed by atoms with Gasteiger partial charge in [-0.2, -0.15) is 0 Å². The SMILES string of the molecule is CC(O)(CNC(C)(C)C)COc1cccc2c1C[C@H](N)[C@@H](O)C2. The Hall–Kier alpha value is -1.14. The van der Waals surface area contributed by atoms with Crippen LogP contribution in [0.25, 0.3) is 0 Å². The van der Waals surface area contributed by atoms with Crippen LogP contribution in [0, 0.1) is 0 Å². The molecular weight excluding hydrogens is 292 g/mol. The van der Waals surface area contributed by atoms with Crippen LogP contribution in [0.5, 0.6) is 5.75 Å². The highest BCUT2D eigenvalue weighted by molar-refractivity contribution is 5.43. The predicted octanol–water partition coefficient (Wildman–Crippen LogP) is 0.991. The van der Waals surface area contributed by atoms with Crippen LogP contribution in [0.2, 0.25) is 0 Å². The van der Waals surface area contributed by atoms with Gasteiger partial charge in [-0.25, -0.2) is 0 Å². The standard InChI is InChI=1S/C18H30N2O3/c1-17(2,3)20-10-18(4,22)11-23-16-7-5-6-12-8-15(21)14(19)9-13(12)16/h5-7,14-15,20-22H,8-11,19H2,1-4H3/t14-,15-,18?/m0/s1. The average Bonchev–Trinajstić information content (AvgIpc) is 2.44. The summed E-state index contributed by atoms with van der Waals surface area (Å²) in [6.07, 6.45) is 0.641. The van der Waals surface area contributed by atoms with Gasteiger partial charge in [0.15, 0.2) is 0 Å². The van der Waals surface area contributed by atoms with Crippen molar-refractivity contribution in [2.45, 2.75) is 63.8 Å². The second-order valence-electron chi connectivity index (χ2n) is 7.92. The van der Waals surface area contributed by atoms with Crippen LogP contribution < -0.4 is 15.8 Å². The van der Waals surface area contributed by atoms with E-state index in [4.69, 9.17) is 10.5 Å². The maximum atomic E-state index is 10.5. The Kier molecular flexibility index (Phi) is 5.36. The van der Waals surface area contributed by atoms with Crippen molar-refractivity contribution < 1.29 is 14.9 Å². The molecule has 23 heavy (non-hydrogen) atoms. The molecule has 130 valence electrons. The number of aliphatic hydroxyl groups excluding tert-OH is 1. The number of nitrogens with two attached hydrogens (primary N) is 1. The Balaban J connectivity index is 2.03. The van der Waals surface area contributed by atoms with E-state index >= 15 is 0 Å². The highest BCUT2D eigenvalue weighted by Crippen LogP contribution is 2.30. The molecule has 0 spiro atoms. The number of ether oxygens (including phenoxy) is 1. The largest absolute Gasteiger partial charge is 0.490 e. The van der Waals surface area contributed by atoms with Gasteiger partial charge in [0, 0.05) is 24.5 Å². The second kappa shape index (κ2) is 6.77. The molecule has 0 saturated carbocycles. The molecule has 1 aromatic rings. The normalized spacial score (nSPS) is 24.0. The van der Waals surface area contributed by atoms with E-state index in [1.165, 1.54) is 0 Å². The first kappa shape index (κ1) is 18.2. The van der Waals surface area contributed by atoms with Gasteiger partial charge in [0.05, 0.1) is 6.10 Å². The summed E-state index contributed by atoms with van der Waals surface area (Å²) in [5.74, 6) is 0.751. The molecule has 0 aromatic heterocycles. The minimum absolute atomic E-state index is 0.0567. The summed E-state index contributed by atoms with van der Waals surface area (Å²) in [6, 6.07) is 5.54. The molecule has 0 fully saturated rings. The first-order valence-corrected chi connectivity index (χ1v) is 8.22. The molecule has 1 aliphatic carbocycles. The number of hydrogen-bond acceptors (Lipinski definition) is 5. The topological polar surface area (TPSA) is 87.7 Å². The quantitative estimate of drug-likeness (QED) is 0.649. The van der Waals surface area contributed by atoms with Crippen LogP contribution in [-0.2, 0) is 12.8 Å². The van der Waals surface area contributed by atoms with Crippen molar-refractivity contribution in [2.24, 2.45) is 5.73 Å². The van der Waals surface area contributed by atoms with E-state index in [1.807, 2.05) is 18.2 Å². The summed E-state index contributed by atoms with van der Waals surface area (Å²) in [5, 5.41) is 23.7. The van der Waals surface area contributed by atoms with Gasteiger partial charge >= 0.3 is 0 Å². The molecule has 1 unspecified atom stereocenters. The van der Waals surface area contributed by atoms with Crippen molar-refractivity contribution in [1.82, 2.24) is 5.32 Å². The maximum Gasteiger partial charge on any atom is 0.122 e. The van der Waals surface area contributed by atoms with Crippen LogP contribution in [-0.4, -0.2) is 46.7 Å². The number of hydrogen-bond donors (Lipinski definition) is 4. The van der Waals surface area contributed by atoms with Gasteiger partial charge in [-0.1, -0.05) is 12.1 Å². The minimum atomic E-state index is -0.966. The van der Waals surface area contributed by atoms with Gasteiger partial charge in [0.2, 0.25) is 0 Å². The van der Waals surface area contributed by atoms with E-state index < -0.39 is 11.7 Å². The molecule has 0 saturated heterocycles. The number of fused-ring (bicyclic) bond motifs is 1. The van der Waals surface area contributed by atoms with Gasteiger partial charge in [-0.05, 0) is 51.3 Å². The molecule has 0 heterocycles. The summed E-state index contributed by atoms with van der Waals surface area (Å²) in [5.41, 5.74) is 7.07. The van der Waals surface area contributed by atoms with Crippen LogP contribution in [0.15, 0.2) is 18.2 Å². The van der Waals surface area contributed by atoms with Crippen LogP contribution in [0.3, 0.4) is 0 Å². The van der Waals surface area contributed by atoms with E-state index in [-0.39, 0.29) is 18.2 Å². The van der Waals surface area contributed by atoms with Crippen molar-refractivity contribution in [2.75, 3.05) is 13.2 Å². The van der Waals surface area contributed by atoms with E-state index in [0.717, 1.165) is 16.9 Å². The molecule has 0 radical (unpaired) electrons. The maximum absolute atomic E-state index is 10.5. The zero-order valence-electron chi connectivity index (χ0n) is 14.6. The summed E-state index contributed by atoms with van der Waals surface area (Å²) in [4.78, 5) is 0. The second-order valence-corrected chi connectivity index (χ2v) is 7.92. The molecule has 5 nitrogen and oxygen atoms in total. The lowest BCUT2D eigenvalue weighted by molar-refractivity contribution is 0.00719. The Morgan fingerprint density at radius 3 is 2.61 bits per heavy atom. The highest BCUT2D eigenvalue weighted by Gasteiger charge is 2.28. The number of nitrogens with one attached hydrogen (secondary N) is 1. The molecule has 0 bridgehead atoms. The molecule has 5 N–H and O–H groups in total. The molecule has 5 heteroatoms. The lowest BCUT2D eigenvalue weighted by Crippen LogP contribution is -2.49. The number of aliphatic hydroxyl groups is 2. The first-order valence-electron chi connectivity index (χ1n) is 8.22. The third-order valence-corrected chi connectivity index (χ3v) is 4.13. The van der Waals surface area contributed by atoms with Gasteiger partial charge in [0.25, 0.3) is 0 Å². The van der Waals surface area contributed by atoms with Crippen LogP contribution in [0.1, 0.15) is 38.8 Å². The Morgan fingerprint density at radius 2 is 1.96 bits per heavy atom. The van der Waals surface area contributed by atoms with Crippen molar-refractivity contribution in [3.63, 3.8) is 0 Å². The van der Waals surface area contributed by atoms with Crippen molar-refractivity contribution in [3.05, 3.63) is 29.3 Å². The van der Waals surface area contributed by atoms with Gasteiger partial charge in [0.1, 0.15) is 18.0 Å². The van der Waals surface area contributed by atoms with Crippen molar-refractivity contribution in [3.8, 4) is 5.75 Å². The summed E-state index contributed by atoms with van der Waals surface area (Å²) < 4.78 is 5.89. The van der Waals surface area contributed by atoms with E-state index in [2.05, 4.69) is 26.1 Å². The van der Waals surface area contributed by atoms with Crippen molar-refractivity contribution >= 4 is 0 Å². The molecule has 0 amide bonds. The van der Waals surface area contributed by atoms with Gasteiger partial charge < -0.3 is 26.0 Å². The monoisotopic (exact) mass is 322 g/mol. The van der Waals surface area contributed by atoms with Gasteiger partial charge in [-0.3, -0.25) is 0 Å². The summed E-state index contributed by atoms with van der Waals surface area (Å²) in [7, 11) is 0. The minimum Gasteiger partial charge on any atom is -0.490 e. The highest BCUT2D eigenvalue weighted by atomic mass is 16.5. The number of benzene rings is 1. The summed E-state index contributed by atoms with van der Waals surface area (Å²) >= 11 is 0. The zero-order valence-corrected chi connectivity index (χ0v) is 14.6. The first-order chi connectivity index (χ1) is 10.6. The van der Waals surface area contributed by atoms with Crippen LogP contribution in [0.4, 0.5) is 0 Å². The molecule has 1 aliphatic rings. The average molecular weight is 322 g/mol. The van der Waals surface area contributed by atoms with E-state index in [9.17, 15) is 10.2 Å². The Labute approximate surface area is 138 Å². The lowest BCUT2D eigenvalue weighted by atomic mass is 9.86. The fourth-order valence-electron chi connectivity index (χ4n) is 2.66. The van der Waals surface area contributed by atoms with E-state index in [1.54, 1.807) is 6.92 Å². The lowest BCUT2D eigenvalue weighted by Gasteiger charge is -2.31.